The molecule has 1 amide bonds. The summed E-state index contributed by atoms with van der Waals surface area (Å²) < 4.78 is 33.2. The Balaban J connectivity index is 1.86. The van der Waals surface area contributed by atoms with E-state index in [2.05, 4.69) is 15.5 Å². The number of benzene rings is 1. The highest BCUT2D eigenvalue weighted by Crippen LogP contribution is 2.37. The summed E-state index contributed by atoms with van der Waals surface area (Å²) in [7, 11) is 0. The lowest BCUT2D eigenvalue weighted by Crippen LogP contribution is -2.44. The van der Waals surface area contributed by atoms with Crippen LogP contribution in [-0.2, 0) is 16.8 Å². The van der Waals surface area contributed by atoms with Crippen molar-refractivity contribution in [2.75, 3.05) is 0 Å². The van der Waals surface area contributed by atoms with E-state index < -0.39 is 29.1 Å². The lowest BCUT2D eigenvalue weighted by atomic mass is 9.77. The van der Waals surface area contributed by atoms with Crippen molar-refractivity contribution in [2.45, 2.75) is 44.2 Å². The van der Waals surface area contributed by atoms with E-state index in [1.165, 1.54) is 13.0 Å². The largest absolute Gasteiger partial charge is 0.349 e. The third-order valence-corrected chi connectivity index (χ3v) is 4.26. The zero-order chi connectivity index (χ0) is 17.3. The molecule has 3 N–H and O–H groups in total. The van der Waals surface area contributed by atoms with Gasteiger partial charge in [0, 0.05) is 12.5 Å². The minimum Gasteiger partial charge on any atom is -0.349 e. The highest BCUT2D eigenvalue weighted by Gasteiger charge is 2.39. The van der Waals surface area contributed by atoms with Gasteiger partial charge >= 0.3 is 0 Å². The first-order chi connectivity index (χ1) is 11.4. The summed E-state index contributed by atoms with van der Waals surface area (Å²) in [5.74, 6) is -1.36. The van der Waals surface area contributed by atoms with Crippen LogP contribution in [-0.4, -0.2) is 16.0 Å². The van der Waals surface area contributed by atoms with E-state index in [-0.39, 0.29) is 17.9 Å². The van der Waals surface area contributed by atoms with Gasteiger partial charge in [0.2, 0.25) is 11.8 Å². The Labute approximate surface area is 137 Å². The van der Waals surface area contributed by atoms with Crippen molar-refractivity contribution in [3.8, 4) is 0 Å². The smallest absolute Gasteiger partial charge is 0.229 e. The summed E-state index contributed by atoms with van der Waals surface area (Å²) in [5.41, 5.74) is 5.31. The Kier molecular flexibility index (Phi) is 4.31. The van der Waals surface area contributed by atoms with Crippen LogP contribution in [0.5, 0.6) is 0 Å². The molecule has 1 unspecified atom stereocenters. The molecule has 0 spiro atoms. The van der Waals surface area contributed by atoms with Crippen LogP contribution >= 0.6 is 0 Å². The molecule has 6 nitrogen and oxygen atoms in total. The van der Waals surface area contributed by atoms with Gasteiger partial charge in [0.1, 0.15) is 11.6 Å². The summed E-state index contributed by atoms with van der Waals surface area (Å²) in [5, 5.41) is 6.39. The molecular formula is C16H18F2N4O2. The molecule has 1 saturated carbocycles. The fourth-order valence-corrected chi connectivity index (χ4v) is 2.81. The summed E-state index contributed by atoms with van der Waals surface area (Å²) in [4.78, 5) is 15.7. The first-order valence-corrected chi connectivity index (χ1v) is 7.72. The molecule has 3 rings (SSSR count). The quantitative estimate of drug-likeness (QED) is 0.872. The van der Waals surface area contributed by atoms with E-state index in [1.54, 1.807) is 0 Å². The third kappa shape index (κ3) is 3.14. The summed E-state index contributed by atoms with van der Waals surface area (Å²) in [6.07, 6.45) is 2.50. The molecule has 1 aromatic carbocycles. The lowest BCUT2D eigenvalue weighted by Gasteiger charge is -2.34. The molecule has 1 aliphatic carbocycles. The molecule has 0 saturated heterocycles. The number of carbonyl (C=O) groups is 1. The number of nitrogens with one attached hydrogen (secondary N) is 1. The van der Waals surface area contributed by atoms with Gasteiger partial charge in [-0.3, -0.25) is 4.79 Å². The molecule has 1 aliphatic rings. The number of amides is 1. The summed E-state index contributed by atoms with van der Waals surface area (Å²) >= 11 is 0. The number of carbonyl (C=O) groups excluding carboxylic acids is 1. The van der Waals surface area contributed by atoms with Crippen molar-refractivity contribution in [1.82, 2.24) is 15.5 Å². The molecule has 1 heterocycles. The van der Waals surface area contributed by atoms with Crippen molar-refractivity contribution in [2.24, 2.45) is 5.73 Å². The average molecular weight is 336 g/mol. The van der Waals surface area contributed by atoms with Gasteiger partial charge in [0.15, 0.2) is 5.82 Å². The highest BCUT2D eigenvalue weighted by atomic mass is 19.1. The van der Waals surface area contributed by atoms with Gasteiger partial charge in [0.05, 0.1) is 18.0 Å². The Bertz CT molecular complexity index is 738. The van der Waals surface area contributed by atoms with Crippen molar-refractivity contribution >= 4 is 5.91 Å². The van der Waals surface area contributed by atoms with E-state index in [0.717, 1.165) is 31.4 Å². The third-order valence-electron chi connectivity index (χ3n) is 4.26. The van der Waals surface area contributed by atoms with E-state index in [9.17, 15) is 13.6 Å². The number of hydrogen-bond acceptors (Lipinski definition) is 5. The molecule has 8 heteroatoms. The monoisotopic (exact) mass is 336 g/mol. The summed E-state index contributed by atoms with van der Waals surface area (Å²) in [6, 6.07) is 2.58. The number of nitrogens with zero attached hydrogens (tertiary/aromatic N) is 2. The molecular weight excluding hydrogens is 318 g/mol. The maximum absolute atomic E-state index is 14.0. The maximum Gasteiger partial charge on any atom is 0.229 e. The zero-order valence-corrected chi connectivity index (χ0v) is 13.2. The maximum atomic E-state index is 14.0. The lowest BCUT2D eigenvalue weighted by molar-refractivity contribution is -0.119. The summed E-state index contributed by atoms with van der Waals surface area (Å²) in [6.45, 7) is 1.27. The van der Waals surface area contributed by atoms with Crippen LogP contribution in [0.25, 0.3) is 0 Å². The van der Waals surface area contributed by atoms with E-state index in [0.29, 0.717) is 5.82 Å². The number of nitrogens with two attached hydrogens (primary N) is 1. The highest BCUT2D eigenvalue weighted by molar-refractivity contribution is 5.73. The van der Waals surface area contributed by atoms with Crippen LogP contribution in [0.3, 0.4) is 0 Å². The Morgan fingerprint density at radius 1 is 1.42 bits per heavy atom. The SMILES string of the molecule is CC(=O)NC(Cc1nc(C2(N)CCC2)no1)c1c(F)cccc1F. The second-order valence-corrected chi connectivity index (χ2v) is 6.11. The van der Waals surface area contributed by atoms with Gasteiger partial charge in [-0.15, -0.1) is 0 Å². The van der Waals surface area contributed by atoms with Crippen LogP contribution in [0.4, 0.5) is 8.78 Å². The molecule has 128 valence electrons. The van der Waals surface area contributed by atoms with Crippen LogP contribution in [0.15, 0.2) is 22.7 Å². The molecule has 0 aliphatic heterocycles. The topological polar surface area (TPSA) is 94.0 Å². The van der Waals surface area contributed by atoms with E-state index in [4.69, 9.17) is 10.3 Å². The van der Waals surface area contributed by atoms with Crippen molar-refractivity contribution < 1.29 is 18.1 Å². The van der Waals surface area contributed by atoms with Crippen molar-refractivity contribution in [3.05, 3.63) is 47.1 Å². The van der Waals surface area contributed by atoms with Gasteiger partial charge in [0.25, 0.3) is 0 Å². The molecule has 1 aromatic heterocycles. The van der Waals surface area contributed by atoms with E-state index in [1.807, 2.05) is 0 Å². The van der Waals surface area contributed by atoms with Gasteiger partial charge in [-0.1, -0.05) is 11.2 Å². The van der Waals surface area contributed by atoms with Crippen LogP contribution in [0.1, 0.15) is 49.5 Å². The normalized spacial score (nSPS) is 17.2. The van der Waals surface area contributed by atoms with Crippen molar-refractivity contribution in [1.29, 1.82) is 0 Å². The van der Waals surface area contributed by atoms with Gasteiger partial charge < -0.3 is 15.6 Å². The van der Waals surface area contributed by atoms with Crippen LogP contribution in [0, 0.1) is 11.6 Å². The number of hydrogen-bond donors (Lipinski definition) is 2. The Morgan fingerprint density at radius 2 is 2.08 bits per heavy atom. The molecule has 0 radical (unpaired) electrons. The first-order valence-electron chi connectivity index (χ1n) is 7.72. The minimum absolute atomic E-state index is 0.0273. The molecule has 1 fully saturated rings. The molecule has 2 aromatic rings. The standard InChI is InChI=1S/C16H18F2N4O2/c1-9(23)20-12(14-10(17)4-2-5-11(14)18)8-13-21-15(22-24-13)16(19)6-3-7-16/h2,4-5,12H,3,6-8,19H2,1H3,(H,20,23). The predicted octanol–water partition coefficient (Wildman–Crippen LogP) is 2.11. The second kappa shape index (κ2) is 6.27. The second-order valence-electron chi connectivity index (χ2n) is 6.11. The Morgan fingerprint density at radius 3 is 2.62 bits per heavy atom. The fourth-order valence-electron chi connectivity index (χ4n) is 2.81. The minimum atomic E-state index is -0.952. The predicted molar refractivity (Wildman–Crippen MR) is 80.6 cm³/mol. The fraction of sp³-hybridized carbons (Fsp3) is 0.438. The van der Waals surface area contributed by atoms with Crippen LogP contribution in [0.2, 0.25) is 0 Å². The van der Waals surface area contributed by atoms with Gasteiger partial charge in [-0.25, -0.2) is 8.78 Å². The van der Waals surface area contributed by atoms with Crippen LogP contribution < -0.4 is 11.1 Å². The molecule has 0 bridgehead atoms. The average Bonchev–Trinajstić information content (AvgIpc) is 2.92. The van der Waals surface area contributed by atoms with E-state index >= 15 is 0 Å². The Hall–Kier alpha value is -2.35. The van der Waals surface area contributed by atoms with Gasteiger partial charge in [-0.05, 0) is 31.4 Å². The number of rotatable bonds is 5. The molecule has 1 atom stereocenters. The zero-order valence-electron chi connectivity index (χ0n) is 13.2. The van der Waals surface area contributed by atoms with Crippen molar-refractivity contribution in [3.63, 3.8) is 0 Å². The molecule has 24 heavy (non-hydrogen) atoms. The van der Waals surface area contributed by atoms with Gasteiger partial charge in [-0.2, -0.15) is 4.98 Å². The first kappa shape index (κ1) is 16.5. The number of halogens is 2. The number of aromatic nitrogens is 2.